The van der Waals surface area contributed by atoms with Crippen LogP contribution in [0.5, 0.6) is 0 Å². The van der Waals surface area contributed by atoms with E-state index in [0.29, 0.717) is 30.1 Å². The number of aromatic nitrogens is 3. The number of amides is 1. The topological polar surface area (TPSA) is 125 Å². The summed E-state index contributed by atoms with van der Waals surface area (Å²) in [6.45, 7) is 3.01. The van der Waals surface area contributed by atoms with E-state index >= 15 is 0 Å². The van der Waals surface area contributed by atoms with E-state index in [1.165, 1.54) is 6.20 Å². The lowest BCUT2D eigenvalue weighted by atomic mass is 9.92. The van der Waals surface area contributed by atoms with Crippen molar-refractivity contribution >= 4 is 22.9 Å². The normalized spacial score (nSPS) is 20.2. The summed E-state index contributed by atoms with van der Waals surface area (Å²) >= 11 is 0. The minimum Gasteiger partial charge on any atom is -0.345 e. The fraction of sp³-hybridized carbons (Fsp3) is 0.438. The second-order valence-corrected chi connectivity index (χ2v) is 5.98. The van der Waals surface area contributed by atoms with Gasteiger partial charge < -0.3 is 9.88 Å². The zero-order chi connectivity index (χ0) is 17.3. The van der Waals surface area contributed by atoms with Crippen molar-refractivity contribution in [3.8, 4) is 6.07 Å². The van der Waals surface area contributed by atoms with Gasteiger partial charge in [-0.3, -0.25) is 20.2 Å². The molecule has 2 atom stereocenters. The summed E-state index contributed by atoms with van der Waals surface area (Å²) in [7, 11) is 0. The predicted octanol–water partition coefficient (Wildman–Crippen LogP) is 1.07. The highest BCUT2D eigenvalue weighted by Gasteiger charge is 2.37. The molecule has 124 valence electrons. The Bertz CT molecular complexity index is 888. The maximum Gasteiger partial charge on any atom is 0.236 e. The van der Waals surface area contributed by atoms with Crippen LogP contribution in [0.1, 0.15) is 19.8 Å². The number of H-pyrrole nitrogens is 1. The van der Waals surface area contributed by atoms with E-state index in [0.717, 1.165) is 6.42 Å². The van der Waals surface area contributed by atoms with E-state index in [4.69, 9.17) is 16.1 Å². The van der Waals surface area contributed by atoms with Crippen molar-refractivity contribution in [2.24, 2.45) is 11.8 Å². The third-order valence-electron chi connectivity index (χ3n) is 4.64. The van der Waals surface area contributed by atoms with Crippen molar-refractivity contribution < 1.29 is 4.79 Å². The van der Waals surface area contributed by atoms with Gasteiger partial charge in [0.1, 0.15) is 17.7 Å². The standard InChI is InChI=1S/C16H19N7O/c1-2-10-8-22(14(24)3-5-17)9-11(10)15(19)23-12-4-6-20-16(12)21-7-13(23)18/h4,6-7,10-11,18-20H,2-3,8-9H2,1H3/t10-,11+/m1/s1. The lowest BCUT2D eigenvalue weighted by Crippen LogP contribution is -2.36. The molecule has 0 radical (unpaired) electrons. The number of nitrogens with zero attached hydrogens (tertiary/aromatic N) is 4. The Balaban J connectivity index is 1.95. The largest absolute Gasteiger partial charge is 0.345 e. The van der Waals surface area contributed by atoms with Crippen LogP contribution >= 0.6 is 0 Å². The van der Waals surface area contributed by atoms with Crippen molar-refractivity contribution in [1.82, 2.24) is 19.4 Å². The van der Waals surface area contributed by atoms with E-state index in [9.17, 15) is 4.79 Å². The molecule has 3 N–H and O–H groups in total. The first-order valence-corrected chi connectivity index (χ1v) is 7.90. The van der Waals surface area contributed by atoms with Crippen LogP contribution in [0.2, 0.25) is 0 Å². The number of likely N-dealkylation sites (tertiary alicyclic amines) is 1. The van der Waals surface area contributed by atoms with Gasteiger partial charge in [-0.2, -0.15) is 5.26 Å². The lowest BCUT2D eigenvalue weighted by molar-refractivity contribution is -0.129. The van der Waals surface area contributed by atoms with Gasteiger partial charge in [0.2, 0.25) is 5.91 Å². The van der Waals surface area contributed by atoms with Gasteiger partial charge in [-0.15, -0.1) is 0 Å². The molecular weight excluding hydrogens is 306 g/mol. The minimum atomic E-state index is -0.191. The minimum absolute atomic E-state index is 0.134. The monoisotopic (exact) mass is 325 g/mol. The van der Waals surface area contributed by atoms with Crippen LogP contribution in [-0.4, -0.2) is 44.3 Å². The van der Waals surface area contributed by atoms with Crippen LogP contribution in [0.3, 0.4) is 0 Å². The Hall–Kier alpha value is -2.95. The highest BCUT2D eigenvalue weighted by molar-refractivity contribution is 5.92. The summed E-state index contributed by atoms with van der Waals surface area (Å²) in [6.07, 6.45) is 3.85. The van der Waals surface area contributed by atoms with E-state index in [1.807, 2.05) is 13.0 Å². The summed E-state index contributed by atoms with van der Waals surface area (Å²) in [5.41, 5.74) is 1.45. The number of hydrogen-bond donors (Lipinski definition) is 3. The number of nitrogens with one attached hydrogen (secondary N) is 3. The van der Waals surface area contributed by atoms with E-state index < -0.39 is 0 Å². The number of aromatic amines is 1. The molecule has 0 aromatic carbocycles. The molecule has 1 amide bonds. The Morgan fingerprint density at radius 3 is 3.04 bits per heavy atom. The first kappa shape index (κ1) is 15.9. The molecular formula is C16H19N7O. The Morgan fingerprint density at radius 2 is 2.33 bits per heavy atom. The highest BCUT2D eigenvalue weighted by Crippen LogP contribution is 2.28. The van der Waals surface area contributed by atoms with Crippen molar-refractivity contribution in [3.05, 3.63) is 23.9 Å². The third kappa shape index (κ3) is 2.58. The Kier molecular flexibility index (Phi) is 4.16. The van der Waals surface area contributed by atoms with Gasteiger partial charge in [-0.05, 0) is 12.0 Å². The highest BCUT2D eigenvalue weighted by atomic mass is 16.2. The number of rotatable bonds is 3. The van der Waals surface area contributed by atoms with E-state index in [-0.39, 0.29) is 29.7 Å². The van der Waals surface area contributed by atoms with Crippen LogP contribution in [0.4, 0.5) is 0 Å². The lowest BCUT2D eigenvalue weighted by Gasteiger charge is -2.20. The second-order valence-electron chi connectivity index (χ2n) is 5.98. The first-order valence-electron chi connectivity index (χ1n) is 7.90. The molecule has 3 heterocycles. The molecule has 1 aliphatic heterocycles. The molecule has 1 aliphatic rings. The number of fused-ring (bicyclic) bond motifs is 1. The van der Waals surface area contributed by atoms with Gasteiger partial charge in [0.15, 0.2) is 5.65 Å². The molecule has 3 rings (SSSR count). The maximum absolute atomic E-state index is 12.0. The summed E-state index contributed by atoms with van der Waals surface area (Å²) in [5, 5.41) is 25.5. The van der Waals surface area contributed by atoms with E-state index in [2.05, 4.69) is 9.97 Å². The summed E-state index contributed by atoms with van der Waals surface area (Å²) in [6, 6.07) is 3.69. The molecule has 8 nitrogen and oxygen atoms in total. The molecule has 0 bridgehead atoms. The zero-order valence-electron chi connectivity index (χ0n) is 13.4. The van der Waals surface area contributed by atoms with Gasteiger partial charge in [0, 0.05) is 25.2 Å². The molecule has 2 aromatic rings. The summed E-state index contributed by atoms with van der Waals surface area (Å²) in [4.78, 5) is 20.8. The van der Waals surface area contributed by atoms with Crippen LogP contribution in [0, 0.1) is 34.0 Å². The van der Waals surface area contributed by atoms with Gasteiger partial charge >= 0.3 is 0 Å². The molecule has 0 saturated carbocycles. The van der Waals surface area contributed by atoms with Gasteiger partial charge in [0.25, 0.3) is 0 Å². The molecule has 0 spiro atoms. The predicted molar refractivity (Wildman–Crippen MR) is 87.1 cm³/mol. The van der Waals surface area contributed by atoms with Gasteiger partial charge in [-0.25, -0.2) is 4.98 Å². The molecule has 0 aliphatic carbocycles. The molecule has 1 saturated heterocycles. The molecule has 0 unspecified atom stereocenters. The Labute approximate surface area is 138 Å². The number of carbonyl (C=O) groups excluding carboxylic acids is 1. The average Bonchev–Trinajstić information content (AvgIpc) is 3.20. The SMILES string of the molecule is CC[C@@H]1CN(C(=O)CC#N)C[C@@H]1C(=N)n1c(=N)cnc2[nH]ccc21. The first-order chi connectivity index (χ1) is 11.6. The summed E-state index contributed by atoms with van der Waals surface area (Å²) < 4.78 is 1.57. The zero-order valence-corrected chi connectivity index (χ0v) is 13.4. The quantitative estimate of drug-likeness (QED) is 0.577. The van der Waals surface area contributed by atoms with Crippen molar-refractivity contribution in [2.75, 3.05) is 13.1 Å². The van der Waals surface area contributed by atoms with E-state index in [1.54, 1.807) is 21.7 Å². The van der Waals surface area contributed by atoms with Crippen LogP contribution in [0.25, 0.3) is 11.2 Å². The van der Waals surface area contributed by atoms with Crippen LogP contribution in [0.15, 0.2) is 18.5 Å². The second kappa shape index (κ2) is 6.28. The molecule has 1 fully saturated rings. The van der Waals surface area contributed by atoms with Crippen molar-refractivity contribution in [1.29, 1.82) is 16.1 Å². The Morgan fingerprint density at radius 1 is 1.54 bits per heavy atom. The smallest absolute Gasteiger partial charge is 0.236 e. The van der Waals surface area contributed by atoms with Crippen LogP contribution < -0.4 is 5.49 Å². The maximum atomic E-state index is 12.0. The number of hydrogen-bond acceptors (Lipinski definition) is 5. The summed E-state index contributed by atoms with van der Waals surface area (Å²) in [5.74, 6) is 0.0939. The molecule has 24 heavy (non-hydrogen) atoms. The molecule has 2 aromatic heterocycles. The van der Waals surface area contributed by atoms with Crippen molar-refractivity contribution in [3.63, 3.8) is 0 Å². The fourth-order valence-corrected chi connectivity index (χ4v) is 3.35. The van der Waals surface area contributed by atoms with Crippen molar-refractivity contribution in [2.45, 2.75) is 19.8 Å². The van der Waals surface area contributed by atoms with Gasteiger partial charge in [0.05, 0.1) is 17.8 Å². The average molecular weight is 325 g/mol. The third-order valence-corrected chi connectivity index (χ3v) is 4.64. The molecule has 8 heteroatoms. The van der Waals surface area contributed by atoms with Crippen LogP contribution in [-0.2, 0) is 4.79 Å². The number of carbonyl (C=O) groups is 1. The fourth-order valence-electron chi connectivity index (χ4n) is 3.35. The number of nitriles is 1. The van der Waals surface area contributed by atoms with Gasteiger partial charge in [-0.1, -0.05) is 13.3 Å².